The van der Waals surface area contributed by atoms with Gasteiger partial charge in [0, 0.05) is 19.2 Å². The minimum absolute atomic E-state index is 0.00381. The molecule has 0 aliphatic carbocycles. The quantitative estimate of drug-likeness (QED) is 0.589. The van der Waals surface area contributed by atoms with Gasteiger partial charge in [0.25, 0.3) is 0 Å². The molecule has 1 aliphatic heterocycles. The maximum atomic E-state index is 13.3. The molecule has 3 rings (SSSR count). The molecule has 0 spiro atoms. The SMILES string of the molecule is CCNC(=O)[C@@H](C)N(Cc1ccc(F)cc1)C(=O)CN(c1ccc2c(c1)OCO2)S(C)(=O)=O. The summed E-state index contributed by atoms with van der Waals surface area (Å²) in [6.45, 7) is 3.15. The zero-order valence-corrected chi connectivity index (χ0v) is 19.4. The van der Waals surface area contributed by atoms with E-state index in [0.717, 1.165) is 10.6 Å². The molecule has 1 atom stereocenters. The van der Waals surface area contributed by atoms with E-state index in [4.69, 9.17) is 9.47 Å². The van der Waals surface area contributed by atoms with E-state index in [2.05, 4.69) is 5.32 Å². The standard InChI is InChI=1S/C22H26FN3O6S/c1-4-24-22(28)15(2)25(12-16-5-7-17(23)8-6-16)21(27)13-26(33(3,29)30)18-9-10-19-20(11-18)32-14-31-19/h5-11,15H,4,12-14H2,1-3H3,(H,24,28)/t15-/m1/s1. The zero-order chi connectivity index (χ0) is 24.2. The topological polar surface area (TPSA) is 105 Å². The first-order valence-electron chi connectivity index (χ1n) is 10.3. The van der Waals surface area contributed by atoms with E-state index >= 15 is 0 Å². The minimum atomic E-state index is -3.86. The summed E-state index contributed by atoms with van der Waals surface area (Å²) in [6.07, 6.45) is 0.988. The number of benzene rings is 2. The van der Waals surface area contributed by atoms with Crippen LogP contribution in [0.5, 0.6) is 11.5 Å². The third-order valence-electron chi connectivity index (χ3n) is 5.11. The Morgan fingerprint density at radius 3 is 2.42 bits per heavy atom. The second-order valence-corrected chi connectivity index (χ2v) is 9.43. The van der Waals surface area contributed by atoms with E-state index in [1.807, 2.05) is 0 Å². The highest BCUT2D eigenvalue weighted by atomic mass is 32.2. The average Bonchev–Trinajstić information content (AvgIpc) is 3.23. The summed E-state index contributed by atoms with van der Waals surface area (Å²) in [4.78, 5) is 27.1. The molecule has 11 heteroatoms. The number of nitrogens with zero attached hydrogens (tertiary/aromatic N) is 2. The molecule has 0 bridgehead atoms. The Morgan fingerprint density at radius 2 is 1.79 bits per heavy atom. The lowest BCUT2D eigenvalue weighted by atomic mass is 10.1. The molecule has 33 heavy (non-hydrogen) atoms. The lowest BCUT2D eigenvalue weighted by Gasteiger charge is -2.31. The average molecular weight is 480 g/mol. The van der Waals surface area contributed by atoms with Gasteiger partial charge in [-0.25, -0.2) is 12.8 Å². The molecule has 178 valence electrons. The lowest BCUT2D eigenvalue weighted by molar-refractivity contribution is -0.139. The van der Waals surface area contributed by atoms with Crippen molar-refractivity contribution < 1.29 is 31.9 Å². The lowest BCUT2D eigenvalue weighted by Crippen LogP contribution is -2.51. The van der Waals surface area contributed by atoms with E-state index in [-0.39, 0.29) is 24.9 Å². The fraction of sp³-hybridized carbons (Fsp3) is 0.364. The number of hydrogen-bond acceptors (Lipinski definition) is 6. The third-order valence-corrected chi connectivity index (χ3v) is 6.25. The van der Waals surface area contributed by atoms with Gasteiger partial charge in [-0.05, 0) is 43.7 Å². The van der Waals surface area contributed by atoms with Crippen LogP contribution in [0.3, 0.4) is 0 Å². The molecule has 1 heterocycles. The summed E-state index contributed by atoms with van der Waals surface area (Å²) in [5.41, 5.74) is 0.817. The fourth-order valence-electron chi connectivity index (χ4n) is 3.35. The summed E-state index contributed by atoms with van der Waals surface area (Å²) < 4.78 is 49.9. The van der Waals surface area contributed by atoms with Crippen LogP contribution < -0.4 is 19.1 Å². The van der Waals surface area contributed by atoms with Crippen molar-refractivity contribution in [2.45, 2.75) is 26.4 Å². The van der Waals surface area contributed by atoms with Crippen molar-refractivity contribution in [3.8, 4) is 11.5 Å². The summed E-state index contributed by atoms with van der Waals surface area (Å²) in [5, 5.41) is 2.66. The summed E-state index contributed by atoms with van der Waals surface area (Å²) in [7, 11) is -3.86. The van der Waals surface area contributed by atoms with Crippen LogP contribution in [0.25, 0.3) is 0 Å². The molecule has 2 aromatic carbocycles. The molecule has 0 unspecified atom stereocenters. The Labute approximate surface area is 192 Å². The van der Waals surface area contributed by atoms with Crippen molar-refractivity contribution >= 4 is 27.5 Å². The van der Waals surface area contributed by atoms with E-state index in [9.17, 15) is 22.4 Å². The number of sulfonamides is 1. The number of rotatable bonds is 9. The molecular formula is C22H26FN3O6S. The third kappa shape index (κ3) is 5.92. The highest BCUT2D eigenvalue weighted by Gasteiger charge is 2.30. The molecule has 0 radical (unpaired) electrons. The Morgan fingerprint density at radius 1 is 1.12 bits per heavy atom. The first-order valence-corrected chi connectivity index (χ1v) is 12.1. The normalized spacial score (nSPS) is 13.3. The summed E-state index contributed by atoms with van der Waals surface area (Å²) in [5.74, 6) is -0.573. The number of hydrogen-bond donors (Lipinski definition) is 1. The molecule has 0 aromatic heterocycles. The predicted octanol–water partition coefficient (Wildman–Crippen LogP) is 1.87. The highest BCUT2D eigenvalue weighted by Crippen LogP contribution is 2.36. The number of nitrogens with one attached hydrogen (secondary N) is 1. The monoisotopic (exact) mass is 479 g/mol. The minimum Gasteiger partial charge on any atom is -0.454 e. The van der Waals surface area contributed by atoms with Crippen molar-refractivity contribution in [2.75, 3.05) is 30.4 Å². The van der Waals surface area contributed by atoms with Crippen LogP contribution in [0.1, 0.15) is 19.4 Å². The van der Waals surface area contributed by atoms with Gasteiger partial charge in [0.05, 0.1) is 11.9 Å². The van der Waals surface area contributed by atoms with Gasteiger partial charge in [-0.2, -0.15) is 0 Å². The number of fused-ring (bicyclic) bond motifs is 1. The number of carbonyl (C=O) groups excluding carboxylic acids is 2. The van der Waals surface area contributed by atoms with E-state index in [1.165, 1.54) is 41.3 Å². The van der Waals surface area contributed by atoms with E-state index in [0.29, 0.717) is 23.6 Å². The summed E-state index contributed by atoms with van der Waals surface area (Å²) >= 11 is 0. The van der Waals surface area contributed by atoms with Crippen molar-refractivity contribution in [1.82, 2.24) is 10.2 Å². The van der Waals surface area contributed by atoms with Crippen molar-refractivity contribution in [3.63, 3.8) is 0 Å². The smallest absolute Gasteiger partial charge is 0.244 e. The molecule has 1 aliphatic rings. The molecule has 2 amide bonds. The maximum absolute atomic E-state index is 13.3. The zero-order valence-electron chi connectivity index (χ0n) is 18.6. The van der Waals surface area contributed by atoms with Crippen LogP contribution in [0.2, 0.25) is 0 Å². The van der Waals surface area contributed by atoms with Crippen molar-refractivity contribution in [1.29, 1.82) is 0 Å². The Bertz CT molecular complexity index is 1120. The van der Waals surface area contributed by atoms with E-state index in [1.54, 1.807) is 19.9 Å². The number of anilines is 1. The van der Waals surface area contributed by atoms with Crippen LogP contribution >= 0.6 is 0 Å². The van der Waals surface area contributed by atoms with E-state index < -0.39 is 34.3 Å². The van der Waals surface area contributed by atoms with Crippen molar-refractivity contribution in [2.24, 2.45) is 0 Å². The van der Waals surface area contributed by atoms with Gasteiger partial charge in [-0.3, -0.25) is 13.9 Å². The fourth-order valence-corrected chi connectivity index (χ4v) is 4.19. The first kappa shape index (κ1) is 24.3. The first-order chi connectivity index (χ1) is 15.6. The van der Waals surface area contributed by atoms with Gasteiger partial charge < -0.3 is 19.7 Å². The number of likely N-dealkylation sites (N-methyl/N-ethyl adjacent to an activating group) is 1. The second kappa shape index (κ2) is 10.1. The largest absolute Gasteiger partial charge is 0.454 e. The number of ether oxygens (including phenoxy) is 2. The molecule has 0 fully saturated rings. The maximum Gasteiger partial charge on any atom is 0.244 e. The molecule has 0 saturated heterocycles. The summed E-state index contributed by atoms with van der Waals surface area (Å²) in [6, 6.07) is 9.19. The molecule has 1 N–H and O–H groups in total. The van der Waals surface area contributed by atoms with Gasteiger partial charge in [-0.1, -0.05) is 12.1 Å². The van der Waals surface area contributed by atoms with Crippen LogP contribution in [0, 0.1) is 5.82 Å². The van der Waals surface area contributed by atoms with Gasteiger partial charge in [0.1, 0.15) is 18.4 Å². The predicted molar refractivity (Wildman–Crippen MR) is 120 cm³/mol. The Hall–Kier alpha value is -3.34. The Kier molecular flexibility index (Phi) is 7.42. The van der Waals surface area contributed by atoms with Gasteiger partial charge >= 0.3 is 0 Å². The van der Waals surface area contributed by atoms with Gasteiger partial charge in [0.2, 0.25) is 28.6 Å². The van der Waals surface area contributed by atoms with Crippen LogP contribution in [-0.2, 0) is 26.2 Å². The van der Waals surface area contributed by atoms with Crippen LogP contribution in [-0.4, -0.2) is 57.3 Å². The molecule has 2 aromatic rings. The van der Waals surface area contributed by atoms with Crippen LogP contribution in [0.15, 0.2) is 42.5 Å². The van der Waals surface area contributed by atoms with Gasteiger partial charge in [-0.15, -0.1) is 0 Å². The number of carbonyl (C=O) groups is 2. The molecule has 0 saturated carbocycles. The Balaban J connectivity index is 1.90. The second-order valence-electron chi connectivity index (χ2n) is 7.53. The van der Waals surface area contributed by atoms with Gasteiger partial charge in [0.15, 0.2) is 11.5 Å². The number of amides is 2. The number of halogens is 1. The van der Waals surface area contributed by atoms with Crippen molar-refractivity contribution in [3.05, 3.63) is 53.8 Å². The van der Waals surface area contributed by atoms with Crippen LogP contribution in [0.4, 0.5) is 10.1 Å². The molecular weight excluding hydrogens is 453 g/mol. The molecule has 9 nitrogen and oxygen atoms in total. The highest BCUT2D eigenvalue weighted by molar-refractivity contribution is 7.92.